The minimum absolute atomic E-state index is 0.416. The molecular formula is C23H25BrN4O2S. The van der Waals surface area contributed by atoms with Crippen molar-refractivity contribution in [2.75, 3.05) is 17.7 Å². The Kier molecular flexibility index (Phi) is 6.97. The van der Waals surface area contributed by atoms with Crippen molar-refractivity contribution in [3.8, 4) is 22.9 Å². The lowest BCUT2D eigenvalue weighted by Crippen LogP contribution is -2.17. The fourth-order valence-electron chi connectivity index (χ4n) is 3.34. The molecule has 8 heteroatoms. The van der Waals surface area contributed by atoms with Crippen molar-refractivity contribution in [1.82, 2.24) is 15.2 Å². The minimum atomic E-state index is -0.416. The maximum atomic E-state index is 6.37. The zero-order chi connectivity index (χ0) is 21.8. The monoisotopic (exact) mass is 500 g/mol. The lowest BCUT2D eigenvalue weighted by Gasteiger charge is -2.20. The number of aromatic nitrogens is 3. The van der Waals surface area contributed by atoms with Crippen molar-refractivity contribution in [2.24, 2.45) is 0 Å². The average Bonchev–Trinajstić information content (AvgIpc) is 2.92. The van der Waals surface area contributed by atoms with Gasteiger partial charge < -0.3 is 14.8 Å². The summed E-state index contributed by atoms with van der Waals surface area (Å²) in [6, 6.07) is 12.1. The Hall–Kier alpha value is -2.32. The van der Waals surface area contributed by atoms with Gasteiger partial charge >= 0.3 is 0 Å². The Morgan fingerprint density at radius 1 is 1.16 bits per heavy atom. The molecule has 1 aliphatic heterocycles. The van der Waals surface area contributed by atoms with Crippen molar-refractivity contribution in [2.45, 2.75) is 45.0 Å². The van der Waals surface area contributed by atoms with Crippen LogP contribution in [0.4, 0.5) is 5.69 Å². The predicted octanol–water partition coefficient (Wildman–Crippen LogP) is 6.40. The highest BCUT2D eigenvalue weighted by Gasteiger charge is 2.26. The van der Waals surface area contributed by atoms with E-state index in [1.807, 2.05) is 44.2 Å². The summed E-state index contributed by atoms with van der Waals surface area (Å²) in [5.74, 6) is 2.32. The van der Waals surface area contributed by atoms with E-state index in [2.05, 4.69) is 44.4 Å². The lowest BCUT2D eigenvalue weighted by molar-refractivity contribution is 0.225. The van der Waals surface area contributed by atoms with Crippen molar-refractivity contribution in [3.63, 3.8) is 0 Å². The molecule has 0 radical (unpaired) electrons. The van der Waals surface area contributed by atoms with Gasteiger partial charge in [0.05, 0.1) is 6.61 Å². The van der Waals surface area contributed by atoms with E-state index >= 15 is 0 Å². The van der Waals surface area contributed by atoms with Crippen LogP contribution in [-0.2, 0) is 0 Å². The maximum Gasteiger partial charge on any atom is 0.247 e. The number of halogens is 1. The summed E-state index contributed by atoms with van der Waals surface area (Å²) < 4.78 is 13.0. The van der Waals surface area contributed by atoms with Crippen LogP contribution in [-0.4, -0.2) is 27.5 Å². The molecule has 0 amide bonds. The summed E-state index contributed by atoms with van der Waals surface area (Å²) in [5, 5.41) is 13.0. The number of thioether (sulfide) groups is 1. The third kappa shape index (κ3) is 4.96. The van der Waals surface area contributed by atoms with Gasteiger partial charge in [-0.15, -0.1) is 10.2 Å². The van der Waals surface area contributed by atoms with Crippen LogP contribution >= 0.6 is 27.7 Å². The Morgan fingerprint density at radius 3 is 2.81 bits per heavy atom. The second-order valence-electron chi connectivity index (χ2n) is 7.24. The summed E-state index contributed by atoms with van der Waals surface area (Å²) in [4.78, 5) is 4.71. The van der Waals surface area contributed by atoms with E-state index in [1.54, 1.807) is 11.8 Å². The molecule has 162 valence electrons. The van der Waals surface area contributed by atoms with Crippen LogP contribution in [0.5, 0.6) is 11.6 Å². The van der Waals surface area contributed by atoms with Crippen LogP contribution < -0.4 is 14.8 Å². The number of nitrogens with zero attached hydrogens (tertiary/aromatic N) is 3. The van der Waals surface area contributed by atoms with Gasteiger partial charge in [-0.3, -0.25) is 0 Å². The van der Waals surface area contributed by atoms with E-state index in [0.29, 0.717) is 23.3 Å². The molecular weight excluding hydrogens is 476 g/mol. The van der Waals surface area contributed by atoms with Crippen LogP contribution in [0.25, 0.3) is 11.3 Å². The second kappa shape index (κ2) is 9.87. The van der Waals surface area contributed by atoms with Gasteiger partial charge in [0.25, 0.3) is 0 Å². The highest BCUT2D eigenvalue weighted by atomic mass is 79.9. The molecule has 0 bridgehead atoms. The van der Waals surface area contributed by atoms with Crippen LogP contribution in [0.3, 0.4) is 0 Å². The molecule has 4 rings (SSSR count). The third-order valence-corrected chi connectivity index (χ3v) is 6.34. The number of anilines is 1. The van der Waals surface area contributed by atoms with Crippen molar-refractivity contribution in [1.29, 1.82) is 0 Å². The number of benzene rings is 2. The first kappa shape index (κ1) is 21.9. The fraction of sp³-hybridized carbons (Fsp3) is 0.348. The first-order valence-electron chi connectivity index (χ1n) is 10.4. The molecule has 0 aliphatic carbocycles. The number of hydrogen-bond acceptors (Lipinski definition) is 7. The average molecular weight is 501 g/mol. The largest absolute Gasteiger partial charge is 0.494 e. The molecule has 1 atom stereocenters. The van der Waals surface area contributed by atoms with Gasteiger partial charge in [0.1, 0.15) is 5.75 Å². The molecule has 31 heavy (non-hydrogen) atoms. The molecule has 0 saturated heterocycles. The number of hydrogen-bond donors (Lipinski definition) is 1. The van der Waals surface area contributed by atoms with Gasteiger partial charge in [0, 0.05) is 27.0 Å². The Balaban J connectivity index is 1.73. The van der Waals surface area contributed by atoms with Crippen LogP contribution in [0.1, 0.15) is 44.0 Å². The summed E-state index contributed by atoms with van der Waals surface area (Å²) in [7, 11) is 0. The van der Waals surface area contributed by atoms with Crippen LogP contribution in [0.2, 0.25) is 0 Å². The molecule has 0 fully saturated rings. The third-order valence-electron chi connectivity index (χ3n) is 4.92. The Labute approximate surface area is 195 Å². The van der Waals surface area contributed by atoms with Gasteiger partial charge in [-0.05, 0) is 62.2 Å². The van der Waals surface area contributed by atoms with Crippen molar-refractivity contribution < 1.29 is 9.47 Å². The molecule has 1 aromatic heterocycles. The molecule has 0 unspecified atom stereocenters. The second-order valence-corrected chi connectivity index (χ2v) is 9.22. The summed E-state index contributed by atoms with van der Waals surface area (Å²) in [6.07, 6.45) is 1.82. The molecule has 0 saturated carbocycles. The highest BCUT2D eigenvalue weighted by molar-refractivity contribution is 9.10. The Morgan fingerprint density at radius 2 is 2.03 bits per heavy atom. The fourth-order valence-corrected chi connectivity index (χ4v) is 4.57. The number of nitrogens with one attached hydrogen (secondary N) is 1. The first-order chi connectivity index (χ1) is 15.1. The van der Waals surface area contributed by atoms with Crippen LogP contribution in [0, 0.1) is 6.92 Å². The molecule has 6 nitrogen and oxygen atoms in total. The van der Waals surface area contributed by atoms with E-state index in [-0.39, 0.29) is 0 Å². The molecule has 2 aromatic carbocycles. The minimum Gasteiger partial charge on any atom is -0.494 e. The number of rotatable bonds is 7. The molecule has 1 aliphatic rings. The number of ether oxygens (including phenoxy) is 2. The van der Waals surface area contributed by atoms with Gasteiger partial charge in [-0.1, -0.05) is 41.0 Å². The summed E-state index contributed by atoms with van der Waals surface area (Å²) in [6.45, 7) is 6.83. The van der Waals surface area contributed by atoms with Gasteiger partial charge in [-0.2, -0.15) is 4.98 Å². The standard InChI is InChI=1S/C23H25BrN4O2S/c1-4-6-11-31-23-26-22-20(27-28-23)17-13-16(24)8-9-18(17)25-21(30-22)15-7-10-19(29-5-2)14(3)12-15/h7-10,12-13,21,25H,4-6,11H2,1-3H3/t21-/m1/s1. The zero-order valence-corrected chi connectivity index (χ0v) is 20.2. The van der Waals surface area contributed by atoms with E-state index in [9.17, 15) is 0 Å². The normalized spacial score (nSPS) is 14.6. The van der Waals surface area contributed by atoms with Crippen molar-refractivity contribution >= 4 is 33.4 Å². The molecule has 3 aromatic rings. The van der Waals surface area contributed by atoms with Gasteiger partial charge in [0.15, 0.2) is 11.9 Å². The smallest absolute Gasteiger partial charge is 0.247 e. The number of aryl methyl sites for hydroxylation is 1. The summed E-state index contributed by atoms with van der Waals surface area (Å²) in [5.41, 5.74) is 4.50. The van der Waals surface area contributed by atoms with Crippen molar-refractivity contribution in [3.05, 3.63) is 52.0 Å². The van der Waals surface area contributed by atoms with E-state index in [0.717, 1.165) is 51.2 Å². The maximum absolute atomic E-state index is 6.37. The topological polar surface area (TPSA) is 69.2 Å². The quantitative estimate of drug-likeness (QED) is 0.297. The van der Waals surface area contributed by atoms with Gasteiger partial charge in [-0.25, -0.2) is 0 Å². The zero-order valence-electron chi connectivity index (χ0n) is 17.8. The lowest BCUT2D eigenvalue weighted by atomic mass is 10.1. The predicted molar refractivity (Wildman–Crippen MR) is 128 cm³/mol. The molecule has 0 spiro atoms. The Bertz CT molecular complexity index is 1080. The van der Waals surface area contributed by atoms with E-state index in [4.69, 9.17) is 14.5 Å². The number of fused-ring (bicyclic) bond motifs is 3. The first-order valence-corrected chi connectivity index (χ1v) is 12.2. The molecule has 2 heterocycles. The molecule has 1 N–H and O–H groups in total. The van der Waals surface area contributed by atoms with E-state index < -0.39 is 6.23 Å². The van der Waals surface area contributed by atoms with Crippen LogP contribution in [0.15, 0.2) is 46.0 Å². The van der Waals surface area contributed by atoms with E-state index in [1.165, 1.54) is 0 Å². The van der Waals surface area contributed by atoms with Gasteiger partial charge in [0.2, 0.25) is 11.0 Å². The highest BCUT2D eigenvalue weighted by Crippen LogP contribution is 2.41. The number of unbranched alkanes of at least 4 members (excludes halogenated alkanes) is 1. The summed E-state index contributed by atoms with van der Waals surface area (Å²) >= 11 is 5.17. The SMILES string of the molecule is CCCCSc1nnc2c(n1)O[C@H](c1ccc(OCC)c(C)c1)Nc1ccc(Br)cc1-2.